The number of carbonyl (C=O) groups is 2. The van der Waals surface area contributed by atoms with Gasteiger partial charge in [0.15, 0.2) is 0 Å². The molecule has 0 radical (unpaired) electrons. The van der Waals surface area contributed by atoms with Crippen molar-refractivity contribution in [3.63, 3.8) is 0 Å². The number of carboxylic acid groups (broad SMARTS) is 1. The molecule has 1 heterocycles. The number of likely N-dealkylation sites (tertiary alicyclic amines) is 1. The van der Waals surface area contributed by atoms with E-state index in [1.54, 1.807) is 4.90 Å². The molecule has 114 valence electrons. The Hall–Kier alpha value is -1.49. The summed E-state index contributed by atoms with van der Waals surface area (Å²) in [6, 6.07) is 7.63. The van der Waals surface area contributed by atoms with Gasteiger partial charge in [0.25, 0.3) is 5.91 Å². The molecule has 0 aliphatic carbocycles. The molecule has 0 unspecified atom stereocenters. The number of carbonyl (C=O) groups excluding carboxylic acids is 1. The van der Waals surface area contributed by atoms with E-state index >= 15 is 0 Å². The number of aliphatic carboxylic acids is 1. The Bertz CT molecular complexity index is 515. The molecule has 1 fully saturated rings. The lowest BCUT2D eigenvalue weighted by Crippen LogP contribution is -2.29. The van der Waals surface area contributed by atoms with E-state index in [1.165, 1.54) is 5.56 Å². The molecular weight excluding hydrogens is 286 g/mol. The minimum absolute atomic E-state index is 0.00618. The summed E-state index contributed by atoms with van der Waals surface area (Å²) in [5.41, 5.74) is 1.84. The van der Waals surface area contributed by atoms with E-state index in [-0.39, 0.29) is 11.8 Å². The van der Waals surface area contributed by atoms with Crippen LogP contribution in [0.2, 0.25) is 0 Å². The maximum atomic E-state index is 12.4. The monoisotopic (exact) mass is 307 g/mol. The van der Waals surface area contributed by atoms with Crippen LogP contribution >= 0.6 is 11.8 Å². The Morgan fingerprint density at radius 2 is 1.95 bits per heavy atom. The quantitative estimate of drug-likeness (QED) is 0.908. The maximum absolute atomic E-state index is 12.4. The van der Waals surface area contributed by atoms with Gasteiger partial charge < -0.3 is 10.0 Å². The second kappa shape index (κ2) is 6.98. The van der Waals surface area contributed by atoms with Crippen LogP contribution in [0.25, 0.3) is 0 Å². The molecule has 1 saturated heterocycles. The predicted octanol–water partition coefficient (Wildman–Crippen LogP) is 2.73. The summed E-state index contributed by atoms with van der Waals surface area (Å²) in [4.78, 5) is 25.2. The summed E-state index contributed by atoms with van der Waals surface area (Å²) in [6.07, 6.45) is 0. The van der Waals surface area contributed by atoms with Gasteiger partial charge >= 0.3 is 5.97 Å². The molecule has 0 bridgehead atoms. The molecule has 0 aromatic heterocycles. The highest BCUT2D eigenvalue weighted by Crippen LogP contribution is 2.25. The van der Waals surface area contributed by atoms with Crippen LogP contribution < -0.4 is 0 Å². The van der Waals surface area contributed by atoms with E-state index in [0.717, 1.165) is 11.5 Å². The van der Waals surface area contributed by atoms with Crippen LogP contribution in [0.4, 0.5) is 0 Å². The van der Waals surface area contributed by atoms with Crippen molar-refractivity contribution in [1.82, 2.24) is 4.90 Å². The van der Waals surface area contributed by atoms with Gasteiger partial charge in [-0.2, -0.15) is 11.8 Å². The van der Waals surface area contributed by atoms with Gasteiger partial charge in [0.2, 0.25) is 0 Å². The minimum atomic E-state index is -0.815. The van der Waals surface area contributed by atoms with Gasteiger partial charge in [-0.05, 0) is 29.4 Å². The lowest BCUT2D eigenvalue weighted by molar-refractivity contribution is -0.142. The first-order valence-corrected chi connectivity index (χ1v) is 8.37. The molecule has 1 aromatic carbocycles. The second-order valence-corrected chi connectivity index (χ2v) is 6.74. The molecule has 1 N–H and O–H groups in total. The van der Waals surface area contributed by atoms with Crippen LogP contribution in [0.3, 0.4) is 0 Å². The summed E-state index contributed by atoms with van der Waals surface area (Å²) in [6.45, 7) is 4.83. The van der Waals surface area contributed by atoms with Gasteiger partial charge in [0.1, 0.15) is 0 Å². The Morgan fingerprint density at radius 1 is 1.29 bits per heavy atom. The Morgan fingerprint density at radius 3 is 2.48 bits per heavy atom. The maximum Gasteiger partial charge on any atom is 0.308 e. The molecular formula is C16H21NO3S. The smallest absolute Gasteiger partial charge is 0.308 e. The van der Waals surface area contributed by atoms with Crippen LogP contribution in [0.15, 0.2) is 24.3 Å². The van der Waals surface area contributed by atoms with Gasteiger partial charge in [-0.25, -0.2) is 0 Å². The molecule has 0 spiro atoms. The minimum Gasteiger partial charge on any atom is -0.481 e. The molecule has 1 aliphatic rings. The van der Waals surface area contributed by atoms with Crippen molar-refractivity contribution in [2.45, 2.75) is 19.6 Å². The Kier molecular flexibility index (Phi) is 5.28. The highest BCUT2D eigenvalue weighted by molar-refractivity contribution is 7.98. The Labute approximate surface area is 129 Å². The highest BCUT2D eigenvalue weighted by atomic mass is 32.2. The van der Waals surface area contributed by atoms with Crippen LogP contribution in [0.1, 0.15) is 29.8 Å². The van der Waals surface area contributed by atoms with E-state index < -0.39 is 11.9 Å². The fourth-order valence-corrected chi connectivity index (χ4v) is 3.23. The van der Waals surface area contributed by atoms with Gasteiger partial charge in [-0.3, -0.25) is 9.59 Å². The molecule has 1 aliphatic heterocycles. The van der Waals surface area contributed by atoms with Crippen molar-refractivity contribution in [3.8, 4) is 0 Å². The first-order chi connectivity index (χ1) is 10.0. The second-order valence-electron chi connectivity index (χ2n) is 5.47. The van der Waals surface area contributed by atoms with Crippen molar-refractivity contribution >= 4 is 23.6 Å². The SMILES string of the molecule is CCSCc1ccc(C(=O)N2C[C@@H](C)[C@H](C(=O)O)C2)cc1. The molecule has 1 aromatic rings. The van der Waals surface area contributed by atoms with Crippen LogP contribution in [-0.4, -0.2) is 40.7 Å². The zero-order valence-corrected chi connectivity index (χ0v) is 13.2. The van der Waals surface area contributed by atoms with E-state index in [4.69, 9.17) is 5.11 Å². The third-order valence-electron chi connectivity index (χ3n) is 3.89. The number of rotatable bonds is 5. The molecule has 4 nitrogen and oxygen atoms in total. The van der Waals surface area contributed by atoms with Crippen LogP contribution in [-0.2, 0) is 10.5 Å². The normalized spacial score (nSPS) is 21.5. The average Bonchev–Trinajstić information content (AvgIpc) is 2.87. The molecule has 21 heavy (non-hydrogen) atoms. The fraction of sp³-hybridized carbons (Fsp3) is 0.500. The molecule has 2 atom stereocenters. The summed E-state index contributed by atoms with van der Waals surface area (Å²) >= 11 is 1.84. The number of carboxylic acids is 1. The number of hydrogen-bond donors (Lipinski definition) is 1. The lowest BCUT2D eigenvalue weighted by atomic mass is 9.99. The van der Waals surface area contributed by atoms with E-state index in [1.807, 2.05) is 43.0 Å². The summed E-state index contributed by atoms with van der Waals surface area (Å²) < 4.78 is 0. The third kappa shape index (κ3) is 3.79. The van der Waals surface area contributed by atoms with Gasteiger partial charge in [0, 0.05) is 24.4 Å². The topological polar surface area (TPSA) is 57.6 Å². The third-order valence-corrected chi connectivity index (χ3v) is 4.84. The number of nitrogens with zero attached hydrogens (tertiary/aromatic N) is 1. The van der Waals surface area contributed by atoms with Crippen LogP contribution in [0.5, 0.6) is 0 Å². The van der Waals surface area contributed by atoms with Gasteiger partial charge in [-0.1, -0.05) is 26.0 Å². The number of hydrogen-bond acceptors (Lipinski definition) is 3. The Balaban J connectivity index is 2.02. The first-order valence-electron chi connectivity index (χ1n) is 7.21. The molecule has 2 rings (SSSR count). The zero-order valence-electron chi connectivity index (χ0n) is 12.4. The fourth-order valence-electron chi connectivity index (χ4n) is 2.60. The predicted molar refractivity (Wildman–Crippen MR) is 84.5 cm³/mol. The zero-order chi connectivity index (χ0) is 15.4. The van der Waals surface area contributed by atoms with E-state index in [0.29, 0.717) is 18.7 Å². The average molecular weight is 307 g/mol. The largest absolute Gasteiger partial charge is 0.481 e. The lowest BCUT2D eigenvalue weighted by Gasteiger charge is -2.16. The van der Waals surface area contributed by atoms with E-state index in [2.05, 4.69) is 6.92 Å². The van der Waals surface area contributed by atoms with Crippen molar-refractivity contribution in [2.24, 2.45) is 11.8 Å². The highest BCUT2D eigenvalue weighted by Gasteiger charge is 2.37. The molecule has 5 heteroatoms. The van der Waals surface area contributed by atoms with Crippen LogP contribution in [0, 0.1) is 11.8 Å². The standard InChI is InChI=1S/C16H21NO3S/c1-3-21-10-12-4-6-13(7-5-12)15(18)17-8-11(2)14(9-17)16(19)20/h4-7,11,14H,3,8-10H2,1-2H3,(H,19,20)/t11-,14-/m1/s1. The van der Waals surface area contributed by atoms with Crippen molar-refractivity contribution < 1.29 is 14.7 Å². The van der Waals surface area contributed by atoms with Crippen molar-refractivity contribution in [3.05, 3.63) is 35.4 Å². The first kappa shape index (κ1) is 15.9. The molecule has 1 amide bonds. The van der Waals surface area contributed by atoms with E-state index in [9.17, 15) is 9.59 Å². The number of amides is 1. The molecule has 0 saturated carbocycles. The summed E-state index contributed by atoms with van der Waals surface area (Å²) in [5.74, 6) is 0.696. The number of benzene rings is 1. The van der Waals surface area contributed by atoms with Crippen molar-refractivity contribution in [2.75, 3.05) is 18.8 Å². The number of thioether (sulfide) groups is 1. The van der Waals surface area contributed by atoms with Gasteiger partial charge in [0.05, 0.1) is 5.92 Å². The summed E-state index contributed by atoms with van der Waals surface area (Å²) in [5, 5.41) is 9.13. The van der Waals surface area contributed by atoms with Crippen molar-refractivity contribution in [1.29, 1.82) is 0 Å². The van der Waals surface area contributed by atoms with Gasteiger partial charge in [-0.15, -0.1) is 0 Å². The summed E-state index contributed by atoms with van der Waals surface area (Å²) in [7, 11) is 0.